The van der Waals surface area contributed by atoms with Crippen molar-refractivity contribution in [2.24, 2.45) is 24.8 Å². The van der Waals surface area contributed by atoms with E-state index in [-0.39, 0.29) is 0 Å². The van der Waals surface area contributed by atoms with E-state index >= 15 is 0 Å². The van der Waals surface area contributed by atoms with Crippen molar-refractivity contribution in [3.63, 3.8) is 0 Å². The molecular weight excluding hydrogens is 224 g/mol. The number of aromatic nitrogens is 2. The molecule has 1 fully saturated rings. The third-order valence-electron chi connectivity index (χ3n) is 4.22. The minimum atomic E-state index is 0.432. The van der Waals surface area contributed by atoms with Gasteiger partial charge in [0.15, 0.2) is 6.73 Å². The molecule has 0 bridgehead atoms. The number of nitrogens with zero attached hydrogens (tertiary/aromatic N) is 2. The van der Waals surface area contributed by atoms with E-state index in [0.29, 0.717) is 12.8 Å². The van der Waals surface area contributed by atoms with E-state index in [9.17, 15) is 0 Å². The van der Waals surface area contributed by atoms with Gasteiger partial charge in [0.05, 0.1) is 13.2 Å². The lowest BCUT2D eigenvalue weighted by atomic mass is 9.75. The molecule has 0 saturated heterocycles. The highest BCUT2D eigenvalue weighted by molar-refractivity contribution is 4.81. The van der Waals surface area contributed by atoms with Crippen LogP contribution in [0.5, 0.6) is 0 Å². The highest BCUT2D eigenvalue weighted by Gasteiger charge is 2.31. The minimum Gasteiger partial charge on any atom is -0.338 e. The molecular formula is C15H27N2O+. The Morgan fingerprint density at radius 2 is 2.17 bits per heavy atom. The molecule has 1 aromatic rings. The molecule has 0 aliphatic heterocycles. The fourth-order valence-corrected chi connectivity index (χ4v) is 3.07. The molecule has 1 unspecified atom stereocenters. The summed E-state index contributed by atoms with van der Waals surface area (Å²) >= 11 is 0. The van der Waals surface area contributed by atoms with Gasteiger partial charge in [-0.15, -0.1) is 0 Å². The van der Waals surface area contributed by atoms with Crippen molar-refractivity contribution in [1.82, 2.24) is 4.57 Å². The predicted octanol–water partition coefficient (Wildman–Crippen LogP) is 2.75. The lowest BCUT2D eigenvalue weighted by Gasteiger charge is -2.36. The standard InChI is InChI=1S/C15H27N2O/c1-12(2)14-6-5-13(3)9-15(14)18-11-17-8-7-16(4)10-17/h7-8,10,12-15H,5-6,9,11H2,1-4H3/q+1/t13-,14+,15?/m1/s1. The molecule has 0 radical (unpaired) electrons. The van der Waals surface area contributed by atoms with Crippen LogP contribution in [0.25, 0.3) is 0 Å². The molecule has 102 valence electrons. The van der Waals surface area contributed by atoms with Gasteiger partial charge in [0, 0.05) is 0 Å². The summed E-state index contributed by atoms with van der Waals surface area (Å²) in [7, 11) is 2.04. The van der Waals surface area contributed by atoms with E-state index in [4.69, 9.17) is 4.74 Å². The van der Waals surface area contributed by atoms with E-state index < -0.39 is 0 Å². The van der Waals surface area contributed by atoms with Gasteiger partial charge in [0.25, 0.3) is 0 Å². The summed E-state index contributed by atoms with van der Waals surface area (Å²) in [5.74, 6) is 2.26. The zero-order valence-corrected chi connectivity index (χ0v) is 12.2. The molecule has 3 nitrogen and oxygen atoms in total. The second-order valence-electron chi connectivity index (χ2n) is 6.25. The normalized spacial score (nSPS) is 28.8. The van der Waals surface area contributed by atoms with Crippen molar-refractivity contribution >= 4 is 0 Å². The summed E-state index contributed by atoms with van der Waals surface area (Å²) in [6.45, 7) is 7.68. The average Bonchev–Trinajstić information content (AvgIpc) is 2.72. The lowest BCUT2D eigenvalue weighted by molar-refractivity contribution is -0.671. The first-order chi connectivity index (χ1) is 8.56. The van der Waals surface area contributed by atoms with Crippen LogP contribution < -0.4 is 4.57 Å². The molecule has 1 aromatic heterocycles. The summed E-state index contributed by atoms with van der Waals surface area (Å²) in [6.07, 6.45) is 10.5. The van der Waals surface area contributed by atoms with Crippen molar-refractivity contribution in [3.05, 3.63) is 18.7 Å². The van der Waals surface area contributed by atoms with Crippen LogP contribution in [0.1, 0.15) is 40.0 Å². The summed E-state index contributed by atoms with van der Waals surface area (Å²) in [5, 5.41) is 0. The van der Waals surface area contributed by atoms with Crippen LogP contribution in [0.3, 0.4) is 0 Å². The third-order valence-corrected chi connectivity index (χ3v) is 4.22. The number of hydrogen-bond donors (Lipinski definition) is 0. The van der Waals surface area contributed by atoms with Crippen molar-refractivity contribution in [2.45, 2.75) is 52.9 Å². The number of rotatable bonds is 4. The molecule has 3 heteroatoms. The fourth-order valence-electron chi connectivity index (χ4n) is 3.07. The lowest BCUT2D eigenvalue weighted by Crippen LogP contribution is -2.34. The molecule has 0 amide bonds. The minimum absolute atomic E-state index is 0.432. The van der Waals surface area contributed by atoms with E-state index in [0.717, 1.165) is 17.8 Å². The van der Waals surface area contributed by atoms with Gasteiger partial charge in [-0.3, -0.25) is 0 Å². The maximum Gasteiger partial charge on any atom is 0.245 e. The Labute approximate surface area is 111 Å². The number of imidazole rings is 1. The van der Waals surface area contributed by atoms with Crippen LogP contribution in [0.4, 0.5) is 0 Å². The van der Waals surface area contributed by atoms with E-state index in [2.05, 4.69) is 37.9 Å². The molecule has 1 saturated carbocycles. The maximum absolute atomic E-state index is 6.18. The molecule has 18 heavy (non-hydrogen) atoms. The van der Waals surface area contributed by atoms with Crippen molar-refractivity contribution in [2.75, 3.05) is 0 Å². The molecule has 2 rings (SSSR count). The van der Waals surface area contributed by atoms with Crippen molar-refractivity contribution in [3.8, 4) is 0 Å². The molecule has 1 aliphatic carbocycles. The van der Waals surface area contributed by atoms with E-state index in [1.165, 1.54) is 19.3 Å². The second kappa shape index (κ2) is 5.87. The smallest absolute Gasteiger partial charge is 0.245 e. The van der Waals surface area contributed by atoms with Crippen molar-refractivity contribution < 1.29 is 9.30 Å². The third kappa shape index (κ3) is 3.35. The Balaban J connectivity index is 1.92. The largest absolute Gasteiger partial charge is 0.338 e. The first-order valence-electron chi connectivity index (χ1n) is 7.19. The first kappa shape index (κ1) is 13.6. The van der Waals surface area contributed by atoms with Crippen LogP contribution in [-0.4, -0.2) is 10.7 Å². The van der Waals surface area contributed by atoms with E-state index in [1.54, 1.807) is 0 Å². The topological polar surface area (TPSA) is 18.0 Å². The van der Waals surface area contributed by atoms with Gasteiger partial charge in [-0.1, -0.05) is 27.2 Å². The Morgan fingerprint density at radius 3 is 2.78 bits per heavy atom. The van der Waals surface area contributed by atoms with Gasteiger partial charge < -0.3 is 4.74 Å². The van der Waals surface area contributed by atoms with Crippen LogP contribution in [-0.2, 0) is 18.5 Å². The summed E-state index contributed by atoms with van der Waals surface area (Å²) in [4.78, 5) is 0. The highest BCUT2D eigenvalue weighted by atomic mass is 16.5. The molecule has 0 N–H and O–H groups in total. The number of hydrogen-bond acceptors (Lipinski definition) is 1. The second-order valence-corrected chi connectivity index (χ2v) is 6.25. The van der Waals surface area contributed by atoms with Gasteiger partial charge in [0.2, 0.25) is 6.33 Å². The van der Waals surface area contributed by atoms with Gasteiger partial charge in [-0.25, -0.2) is 9.13 Å². The Morgan fingerprint density at radius 1 is 1.39 bits per heavy atom. The van der Waals surface area contributed by atoms with Crippen LogP contribution in [0, 0.1) is 17.8 Å². The highest BCUT2D eigenvalue weighted by Crippen LogP contribution is 2.35. The Kier molecular flexibility index (Phi) is 4.44. The molecule has 3 atom stereocenters. The van der Waals surface area contributed by atoms with Crippen molar-refractivity contribution in [1.29, 1.82) is 0 Å². The zero-order chi connectivity index (χ0) is 13.1. The monoisotopic (exact) mass is 251 g/mol. The molecule has 0 spiro atoms. The Bertz CT molecular complexity index is 372. The summed E-state index contributed by atoms with van der Waals surface area (Å²) in [5.41, 5.74) is 0. The van der Waals surface area contributed by atoms with Crippen LogP contribution >= 0.6 is 0 Å². The average molecular weight is 251 g/mol. The van der Waals surface area contributed by atoms with Gasteiger partial charge in [-0.2, -0.15) is 0 Å². The van der Waals surface area contributed by atoms with Crippen LogP contribution in [0.15, 0.2) is 18.7 Å². The molecule has 1 aliphatic rings. The fraction of sp³-hybridized carbons (Fsp3) is 0.800. The first-order valence-corrected chi connectivity index (χ1v) is 7.19. The quantitative estimate of drug-likeness (QED) is 0.753. The van der Waals surface area contributed by atoms with Gasteiger partial charge >= 0.3 is 0 Å². The summed E-state index contributed by atoms with van der Waals surface area (Å²) < 4.78 is 10.3. The zero-order valence-electron chi connectivity index (χ0n) is 12.2. The molecule has 0 aromatic carbocycles. The number of aryl methyl sites for hydroxylation is 1. The van der Waals surface area contributed by atoms with E-state index in [1.807, 2.05) is 17.8 Å². The maximum atomic E-state index is 6.18. The SMILES string of the molecule is CC(C)[C@@H]1CC[C@@H](C)CC1OCn1cc[n+](C)c1. The number of ether oxygens (including phenoxy) is 1. The summed E-state index contributed by atoms with van der Waals surface area (Å²) in [6, 6.07) is 0. The predicted molar refractivity (Wildman–Crippen MR) is 71.8 cm³/mol. The van der Waals surface area contributed by atoms with Gasteiger partial charge in [-0.05, 0) is 30.6 Å². The Hall–Kier alpha value is -0.830. The van der Waals surface area contributed by atoms with Gasteiger partial charge in [0.1, 0.15) is 12.4 Å². The molecule has 1 heterocycles. The van der Waals surface area contributed by atoms with Crippen LogP contribution in [0.2, 0.25) is 0 Å².